The number of fused-ring (bicyclic) bond motifs is 1. The maximum absolute atomic E-state index is 10.6. The molecule has 4 nitrogen and oxygen atoms in total. The van der Waals surface area contributed by atoms with Gasteiger partial charge >= 0.3 is 0 Å². The Morgan fingerprint density at radius 1 is 1.29 bits per heavy atom. The minimum Gasteiger partial charge on any atom is -0.385 e. The molecule has 1 fully saturated rings. The van der Waals surface area contributed by atoms with Crippen molar-refractivity contribution in [1.82, 2.24) is 14.5 Å². The molecule has 0 spiro atoms. The van der Waals surface area contributed by atoms with Crippen molar-refractivity contribution in [1.29, 1.82) is 0 Å². The van der Waals surface area contributed by atoms with Crippen molar-refractivity contribution >= 4 is 21.4 Å². The predicted molar refractivity (Wildman–Crippen MR) is 98.0 cm³/mol. The van der Waals surface area contributed by atoms with Gasteiger partial charge in [-0.25, -0.2) is 4.98 Å². The Hall–Kier alpha value is -1.69. The summed E-state index contributed by atoms with van der Waals surface area (Å²) in [7, 11) is 1.95. The van der Waals surface area contributed by atoms with Gasteiger partial charge in [0.15, 0.2) is 0 Å². The van der Waals surface area contributed by atoms with E-state index < -0.39 is 6.10 Å². The van der Waals surface area contributed by atoms with Crippen molar-refractivity contribution in [2.24, 2.45) is 13.0 Å². The smallest absolute Gasteiger partial charge is 0.137 e. The first-order valence-corrected chi connectivity index (χ1v) is 9.43. The second kappa shape index (κ2) is 6.67. The molecule has 0 unspecified atom stereocenters. The van der Waals surface area contributed by atoms with Crippen LogP contribution in [-0.2, 0) is 13.6 Å². The van der Waals surface area contributed by atoms with Gasteiger partial charge in [-0.2, -0.15) is 0 Å². The minimum atomic E-state index is -0.450. The number of aliphatic hydroxyl groups excluding tert-OH is 1. The van der Waals surface area contributed by atoms with Crippen LogP contribution in [-0.4, -0.2) is 32.6 Å². The van der Waals surface area contributed by atoms with Crippen molar-refractivity contribution in [3.63, 3.8) is 0 Å². The molecule has 0 saturated carbocycles. The summed E-state index contributed by atoms with van der Waals surface area (Å²) < 4.78 is 3.29. The average molecular weight is 341 g/mol. The van der Waals surface area contributed by atoms with E-state index in [9.17, 15) is 5.11 Å². The molecular formula is C19H23N3OS. The molecule has 3 aromatic rings. The fourth-order valence-electron chi connectivity index (χ4n) is 3.70. The first-order chi connectivity index (χ1) is 11.7. The largest absolute Gasteiger partial charge is 0.385 e. The number of aryl methyl sites for hydroxylation is 1. The highest BCUT2D eigenvalue weighted by Gasteiger charge is 2.28. The lowest BCUT2D eigenvalue weighted by Crippen LogP contribution is -2.35. The third kappa shape index (κ3) is 2.99. The first kappa shape index (κ1) is 15.8. The molecule has 5 heteroatoms. The van der Waals surface area contributed by atoms with E-state index in [2.05, 4.69) is 39.5 Å². The summed E-state index contributed by atoms with van der Waals surface area (Å²) in [6, 6.07) is 8.64. The van der Waals surface area contributed by atoms with Gasteiger partial charge in [0.25, 0.3) is 0 Å². The van der Waals surface area contributed by atoms with Crippen molar-refractivity contribution in [2.45, 2.75) is 25.5 Å². The summed E-state index contributed by atoms with van der Waals surface area (Å²) in [5.74, 6) is 1.10. The van der Waals surface area contributed by atoms with Gasteiger partial charge < -0.3 is 9.67 Å². The van der Waals surface area contributed by atoms with Crippen molar-refractivity contribution < 1.29 is 5.11 Å². The van der Waals surface area contributed by atoms with E-state index in [0.29, 0.717) is 5.92 Å². The molecule has 1 aliphatic heterocycles. The maximum Gasteiger partial charge on any atom is 0.137 e. The van der Waals surface area contributed by atoms with Crippen LogP contribution in [0.2, 0.25) is 0 Å². The number of aliphatic hydroxyl groups is 1. The van der Waals surface area contributed by atoms with E-state index >= 15 is 0 Å². The first-order valence-electron chi connectivity index (χ1n) is 8.55. The van der Waals surface area contributed by atoms with Gasteiger partial charge in [-0.3, -0.25) is 4.90 Å². The third-order valence-electron chi connectivity index (χ3n) is 5.16. The fraction of sp³-hybridized carbons (Fsp3) is 0.421. The topological polar surface area (TPSA) is 41.3 Å². The van der Waals surface area contributed by atoms with E-state index in [1.807, 2.05) is 29.1 Å². The molecule has 1 saturated heterocycles. The number of rotatable bonds is 4. The molecule has 3 heterocycles. The van der Waals surface area contributed by atoms with E-state index in [4.69, 9.17) is 0 Å². The monoisotopic (exact) mass is 341 g/mol. The van der Waals surface area contributed by atoms with E-state index in [0.717, 1.165) is 38.3 Å². The normalized spacial score (nSPS) is 18.2. The van der Waals surface area contributed by atoms with Crippen molar-refractivity contribution in [3.8, 4) is 0 Å². The number of benzene rings is 1. The summed E-state index contributed by atoms with van der Waals surface area (Å²) >= 11 is 1.83. The van der Waals surface area contributed by atoms with Gasteiger partial charge in [0, 0.05) is 30.7 Å². The Bertz CT molecular complexity index is 817. The lowest BCUT2D eigenvalue weighted by molar-refractivity contribution is 0.0493. The van der Waals surface area contributed by atoms with Crippen LogP contribution >= 0.6 is 11.3 Å². The van der Waals surface area contributed by atoms with Crippen LogP contribution in [0.1, 0.15) is 30.3 Å². The SMILES string of the molecule is Cn1ccnc1[C@@H](O)C1CCN(Cc2csc3ccccc23)CC1. The second-order valence-electron chi connectivity index (χ2n) is 6.71. The molecular weight excluding hydrogens is 318 g/mol. The van der Waals surface area contributed by atoms with Crippen LogP contribution in [0.25, 0.3) is 10.1 Å². The number of hydrogen-bond donors (Lipinski definition) is 1. The van der Waals surface area contributed by atoms with Crippen molar-refractivity contribution in [3.05, 3.63) is 53.4 Å². The highest BCUT2D eigenvalue weighted by molar-refractivity contribution is 7.17. The molecule has 0 bridgehead atoms. The lowest BCUT2D eigenvalue weighted by Gasteiger charge is -2.33. The second-order valence-corrected chi connectivity index (χ2v) is 7.62. The molecule has 1 atom stereocenters. The Labute approximate surface area is 146 Å². The zero-order chi connectivity index (χ0) is 16.5. The summed E-state index contributed by atoms with van der Waals surface area (Å²) in [4.78, 5) is 6.82. The molecule has 126 valence electrons. The highest BCUT2D eigenvalue weighted by Crippen LogP contribution is 2.32. The van der Waals surface area contributed by atoms with Gasteiger partial charge in [-0.05, 0) is 54.2 Å². The molecule has 4 rings (SSSR count). The van der Waals surface area contributed by atoms with Crippen LogP contribution in [0.3, 0.4) is 0 Å². The summed E-state index contributed by atoms with van der Waals surface area (Å²) in [6.07, 6.45) is 5.26. The number of imidazole rings is 1. The number of nitrogens with zero attached hydrogens (tertiary/aromatic N) is 3. The Balaban J connectivity index is 1.39. The Kier molecular flexibility index (Phi) is 4.39. The van der Waals surface area contributed by atoms with Gasteiger partial charge in [-0.15, -0.1) is 11.3 Å². The van der Waals surface area contributed by atoms with Crippen LogP contribution in [0.5, 0.6) is 0 Å². The molecule has 0 amide bonds. The van der Waals surface area contributed by atoms with Gasteiger partial charge in [-0.1, -0.05) is 18.2 Å². The summed E-state index contributed by atoms with van der Waals surface area (Å²) in [5, 5.41) is 14.3. The van der Waals surface area contributed by atoms with E-state index in [-0.39, 0.29) is 0 Å². The number of thiophene rings is 1. The highest BCUT2D eigenvalue weighted by atomic mass is 32.1. The number of piperidine rings is 1. The van der Waals surface area contributed by atoms with E-state index in [1.54, 1.807) is 6.20 Å². The predicted octanol–water partition coefficient (Wildman–Crippen LogP) is 3.58. The van der Waals surface area contributed by atoms with Crippen LogP contribution in [0, 0.1) is 5.92 Å². The standard InChI is InChI=1S/C19H23N3OS/c1-21-11-8-20-19(21)18(23)14-6-9-22(10-7-14)12-15-13-24-17-5-3-2-4-16(15)17/h2-5,8,11,13-14,18,23H,6-7,9-10,12H2,1H3/t18-/m0/s1. The molecule has 0 radical (unpaired) electrons. The number of aromatic nitrogens is 2. The van der Waals surface area contributed by atoms with Crippen molar-refractivity contribution in [2.75, 3.05) is 13.1 Å². The summed E-state index contributed by atoms with van der Waals surface area (Å²) in [6.45, 7) is 3.09. The van der Waals surface area contributed by atoms with Gasteiger partial charge in [0.1, 0.15) is 11.9 Å². The fourth-order valence-corrected chi connectivity index (χ4v) is 4.65. The quantitative estimate of drug-likeness (QED) is 0.788. The molecule has 24 heavy (non-hydrogen) atoms. The lowest BCUT2D eigenvalue weighted by atomic mass is 9.90. The number of likely N-dealkylation sites (tertiary alicyclic amines) is 1. The number of hydrogen-bond acceptors (Lipinski definition) is 4. The van der Waals surface area contributed by atoms with Gasteiger partial charge in [0.2, 0.25) is 0 Å². The summed E-state index contributed by atoms with van der Waals surface area (Å²) in [5.41, 5.74) is 1.43. The zero-order valence-corrected chi connectivity index (χ0v) is 14.7. The molecule has 1 N–H and O–H groups in total. The Morgan fingerprint density at radius 2 is 2.08 bits per heavy atom. The molecule has 0 aliphatic carbocycles. The van der Waals surface area contributed by atoms with Crippen LogP contribution in [0.4, 0.5) is 0 Å². The van der Waals surface area contributed by atoms with Gasteiger partial charge in [0.05, 0.1) is 0 Å². The molecule has 1 aliphatic rings. The molecule has 1 aromatic carbocycles. The average Bonchev–Trinajstić information content (AvgIpc) is 3.22. The third-order valence-corrected chi connectivity index (χ3v) is 6.17. The van der Waals surface area contributed by atoms with E-state index in [1.165, 1.54) is 15.6 Å². The zero-order valence-electron chi connectivity index (χ0n) is 13.9. The molecule has 2 aromatic heterocycles. The Morgan fingerprint density at radius 3 is 2.83 bits per heavy atom. The van der Waals surface area contributed by atoms with Crippen LogP contribution < -0.4 is 0 Å². The minimum absolute atomic E-state index is 0.307. The maximum atomic E-state index is 10.6. The van der Waals surface area contributed by atoms with Crippen LogP contribution in [0.15, 0.2) is 42.0 Å².